The Hall–Kier alpha value is -1.85. The lowest BCUT2D eigenvalue weighted by atomic mass is 10.2. The predicted octanol–water partition coefficient (Wildman–Crippen LogP) is 3.88. The largest absolute Gasteiger partial charge is 0.497 e. The number of amides is 1. The number of hydrogen-bond donors (Lipinski definition) is 1. The Labute approximate surface area is 135 Å². The summed E-state index contributed by atoms with van der Waals surface area (Å²) in [6, 6.07) is 12.3. The van der Waals surface area contributed by atoms with E-state index >= 15 is 0 Å². The summed E-state index contributed by atoms with van der Waals surface area (Å²) in [5.41, 5.74) is 3.75. The van der Waals surface area contributed by atoms with Gasteiger partial charge in [-0.1, -0.05) is 23.7 Å². The Morgan fingerprint density at radius 3 is 2.67 bits per heavy atom. The molecule has 0 unspecified atom stereocenters. The third-order valence-corrected chi connectivity index (χ3v) is 3.61. The molecular formula is C15H12BrClN2O2. The molecule has 0 radical (unpaired) electrons. The molecule has 0 aliphatic heterocycles. The van der Waals surface area contributed by atoms with E-state index < -0.39 is 0 Å². The molecule has 0 aliphatic carbocycles. The zero-order valence-corrected chi connectivity index (χ0v) is 13.5. The average Bonchev–Trinajstić information content (AvgIpc) is 2.49. The Kier molecular flexibility index (Phi) is 5.36. The maximum Gasteiger partial charge on any atom is 0.272 e. The van der Waals surface area contributed by atoms with Gasteiger partial charge in [0.05, 0.1) is 18.9 Å². The number of rotatable bonds is 4. The van der Waals surface area contributed by atoms with E-state index in [1.165, 1.54) is 0 Å². The molecule has 0 spiro atoms. The van der Waals surface area contributed by atoms with Gasteiger partial charge in [-0.2, -0.15) is 5.10 Å². The van der Waals surface area contributed by atoms with E-state index in [1.807, 2.05) is 0 Å². The van der Waals surface area contributed by atoms with Gasteiger partial charge < -0.3 is 4.74 Å². The smallest absolute Gasteiger partial charge is 0.272 e. The zero-order valence-electron chi connectivity index (χ0n) is 11.1. The van der Waals surface area contributed by atoms with Crippen LogP contribution in [-0.2, 0) is 0 Å². The van der Waals surface area contributed by atoms with Crippen molar-refractivity contribution in [3.8, 4) is 5.75 Å². The van der Waals surface area contributed by atoms with Crippen molar-refractivity contribution in [1.82, 2.24) is 5.43 Å². The van der Waals surface area contributed by atoms with E-state index in [0.717, 1.165) is 5.56 Å². The van der Waals surface area contributed by atoms with Crippen LogP contribution in [0.1, 0.15) is 15.9 Å². The molecule has 0 bridgehead atoms. The van der Waals surface area contributed by atoms with Crippen LogP contribution in [-0.4, -0.2) is 19.2 Å². The van der Waals surface area contributed by atoms with Gasteiger partial charge in [-0.3, -0.25) is 4.79 Å². The van der Waals surface area contributed by atoms with Gasteiger partial charge >= 0.3 is 0 Å². The maximum atomic E-state index is 12.0. The highest BCUT2D eigenvalue weighted by molar-refractivity contribution is 9.10. The number of benzene rings is 2. The van der Waals surface area contributed by atoms with Crippen LogP contribution in [0.3, 0.4) is 0 Å². The first-order valence-electron chi connectivity index (χ1n) is 6.02. The van der Waals surface area contributed by atoms with Crippen molar-refractivity contribution in [2.45, 2.75) is 0 Å². The number of nitrogens with zero attached hydrogens (tertiary/aromatic N) is 1. The number of hydrogen-bond acceptors (Lipinski definition) is 3. The molecule has 21 heavy (non-hydrogen) atoms. The molecule has 0 heterocycles. The highest BCUT2D eigenvalue weighted by Crippen LogP contribution is 2.22. The first kappa shape index (κ1) is 15.5. The number of nitrogens with one attached hydrogen (secondary N) is 1. The molecule has 0 aliphatic rings. The van der Waals surface area contributed by atoms with Crippen LogP contribution < -0.4 is 10.2 Å². The Balaban J connectivity index is 2.06. The van der Waals surface area contributed by atoms with Crippen molar-refractivity contribution in [3.63, 3.8) is 0 Å². The summed E-state index contributed by atoms with van der Waals surface area (Å²) in [7, 11) is 1.55. The summed E-state index contributed by atoms with van der Waals surface area (Å²) in [6.45, 7) is 0. The summed E-state index contributed by atoms with van der Waals surface area (Å²) in [6.07, 6.45) is 1.54. The summed E-state index contributed by atoms with van der Waals surface area (Å²) < 4.78 is 5.76. The van der Waals surface area contributed by atoms with Crippen molar-refractivity contribution in [2.75, 3.05) is 7.11 Å². The zero-order chi connectivity index (χ0) is 15.2. The molecule has 1 amide bonds. The monoisotopic (exact) mass is 366 g/mol. The van der Waals surface area contributed by atoms with Crippen molar-refractivity contribution < 1.29 is 9.53 Å². The fourth-order valence-electron chi connectivity index (χ4n) is 1.58. The SMILES string of the molecule is COc1ccc(Br)c(C(=O)N/N=C/c2ccc(Cl)cc2)c1. The molecule has 1 N–H and O–H groups in total. The molecule has 4 nitrogen and oxygen atoms in total. The fraction of sp³-hybridized carbons (Fsp3) is 0.0667. The van der Waals surface area contributed by atoms with Crippen molar-refractivity contribution in [2.24, 2.45) is 5.10 Å². The number of hydrazone groups is 1. The molecule has 0 atom stereocenters. The molecular weight excluding hydrogens is 356 g/mol. The van der Waals surface area contributed by atoms with Crippen LogP contribution in [0.5, 0.6) is 5.75 Å². The second-order valence-electron chi connectivity index (χ2n) is 4.10. The quantitative estimate of drug-likeness (QED) is 0.659. The van der Waals surface area contributed by atoms with Crippen LogP contribution in [0.15, 0.2) is 52.0 Å². The van der Waals surface area contributed by atoms with Gasteiger partial charge in [-0.05, 0) is 51.8 Å². The standard InChI is InChI=1S/C15H12BrClN2O2/c1-21-12-6-7-14(16)13(8-12)15(20)19-18-9-10-2-4-11(17)5-3-10/h2-9H,1H3,(H,19,20)/b18-9+. The van der Waals surface area contributed by atoms with Crippen molar-refractivity contribution in [1.29, 1.82) is 0 Å². The Morgan fingerprint density at radius 1 is 1.29 bits per heavy atom. The molecule has 2 aromatic rings. The Bertz CT molecular complexity index is 672. The highest BCUT2D eigenvalue weighted by atomic mass is 79.9. The second-order valence-corrected chi connectivity index (χ2v) is 5.39. The number of carbonyl (C=O) groups excluding carboxylic acids is 1. The molecule has 0 saturated carbocycles. The maximum absolute atomic E-state index is 12.0. The predicted molar refractivity (Wildman–Crippen MR) is 87.2 cm³/mol. The summed E-state index contributed by atoms with van der Waals surface area (Å²) in [5.74, 6) is 0.274. The van der Waals surface area contributed by atoms with E-state index in [4.69, 9.17) is 16.3 Å². The van der Waals surface area contributed by atoms with Gasteiger partial charge in [0.25, 0.3) is 5.91 Å². The van der Waals surface area contributed by atoms with Crippen molar-refractivity contribution in [3.05, 3.63) is 63.1 Å². The van der Waals surface area contributed by atoms with Crippen LogP contribution in [0.25, 0.3) is 0 Å². The van der Waals surface area contributed by atoms with Gasteiger partial charge in [0.15, 0.2) is 0 Å². The van der Waals surface area contributed by atoms with Gasteiger partial charge in [0, 0.05) is 9.50 Å². The molecule has 2 rings (SSSR count). The second kappa shape index (κ2) is 7.24. The van der Waals surface area contributed by atoms with Crippen LogP contribution in [0.2, 0.25) is 5.02 Å². The lowest BCUT2D eigenvalue weighted by Crippen LogP contribution is -2.18. The normalized spacial score (nSPS) is 10.6. The minimum Gasteiger partial charge on any atom is -0.497 e. The first-order chi connectivity index (χ1) is 10.1. The first-order valence-corrected chi connectivity index (χ1v) is 7.20. The third kappa shape index (κ3) is 4.31. The van der Waals surface area contributed by atoms with E-state index in [1.54, 1.807) is 55.8 Å². The molecule has 0 fully saturated rings. The molecule has 0 saturated heterocycles. The van der Waals surface area contributed by atoms with E-state index in [0.29, 0.717) is 20.8 Å². The number of halogens is 2. The minimum atomic E-state index is -0.328. The van der Waals surface area contributed by atoms with Crippen LogP contribution >= 0.6 is 27.5 Å². The Morgan fingerprint density at radius 2 is 2.00 bits per heavy atom. The number of ether oxygens (including phenoxy) is 1. The van der Waals surface area contributed by atoms with Gasteiger partial charge in [-0.25, -0.2) is 5.43 Å². The van der Waals surface area contributed by atoms with Crippen LogP contribution in [0.4, 0.5) is 0 Å². The molecule has 2 aromatic carbocycles. The fourth-order valence-corrected chi connectivity index (χ4v) is 2.13. The van der Waals surface area contributed by atoms with Gasteiger partial charge in [0.2, 0.25) is 0 Å². The summed E-state index contributed by atoms with van der Waals surface area (Å²) in [4.78, 5) is 12.0. The topological polar surface area (TPSA) is 50.7 Å². The van der Waals surface area contributed by atoms with Crippen LogP contribution in [0, 0.1) is 0 Å². The van der Waals surface area contributed by atoms with E-state index in [-0.39, 0.29) is 5.91 Å². The number of methoxy groups -OCH3 is 1. The molecule has 6 heteroatoms. The van der Waals surface area contributed by atoms with E-state index in [2.05, 4.69) is 26.5 Å². The van der Waals surface area contributed by atoms with E-state index in [9.17, 15) is 4.79 Å². The summed E-state index contributed by atoms with van der Waals surface area (Å²) >= 11 is 9.11. The lowest BCUT2D eigenvalue weighted by Gasteiger charge is -2.05. The molecule has 0 aromatic heterocycles. The highest BCUT2D eigenvalue weighted by Gasteiger charge is 2.10. The minimum absolute atomic E-state index is 0.328. The third-order valence-electron chi connectivity index (χ3n) is 2.67. The van der Waals surface area contributed by atoms with Crippen molar-refractivity contribution >= 4 is 39.7 Å². The van der Waals surface area contributed by atoms with Gasteiger partial charge in [-0.15, -0.1) is 0 Å². The van der Waals surface area contributed by atoms with Gasteiger partial charge in [0.1, 0.15) is 5.75 Å². The average molecular weight is 368 g/mol. The molecule has 108 valence electrons. The number of carbonyl (C=O) groups is 1. The summed E-state index contributed by atoms with van der Waals surface area (Å²) in [5, 5.41) is 4.56. The lowest BCUT2D eigenvalue weighted by molar-refractivity contribution is 0.0954.